The predicted molar refractivity (Wildman–Crippen MR) is 123 cm³/mol. The number of ketones is 1. The number of benzene rings is 1. The maximum Gasteiger partial charge on any atom is 0.329 e. The van der Waals surface area contributed by atoms with Crippen LogP contribution in [0.15, 0.2) is 52.2 Å². The van der Waals surface area contributed by atoms with E-state index in [2.05, 4.69) is 9.97 Å². The second-order valence-corrected chi connectivity index (χ2v) is 8.06. The van der Waals surface area contributed by atoms with Gasteiger partial charge in [0.1, 0.15) is 10.8 Å². The Bertz CT molecular complexity index is 1380. The lowest BCUT2D eigenvalue weighted by molar-refractivity contribution is 0.102. The van der Waals surface area contributed by atoms with Crippen LogP contribution in [0.5, 0.6) is 0 Å². The molecule has 0 atom stereocenters. The van der Waals surface area contributed by atoms with Crippen molar-refractivity contribution in [1.29, 1.82) is 5.26 Å². The number of carbonyl (C=O) groups excluding carboxylic acids is 1. The van der Waals surface area contributed by atoms with Crippen LogP contribution in [-0.2, 0) is 6.54 Å². The van der Waals surface area contributed by atoms with Gasteiger partial charge in [0, 0.05) is 23.4 Å². The highest BCUT2D eigenvalue weighted by molar-refractivity contribution is 6.29. The van der Waals surface area contributed by atoms with Crippen molar-refractivity contribution in [2.45, 2.75) is 33.2 Å². The molecule has 0 aliphatic rings. The van der Waals surface area contributed by atoms with Crippen molar-refractivity contribution in [3.8, 4) is 6.07 Å². The molecular weight excluding hydrogens is 428 g/mol. The number of nitrogens with zero attached hydrogens (tertiary/aromatic N) is 3. The van der Waals surface area contributed by atoms with Crippen LogP contribution in [0.4, 0.5) is 0 Å². The van der Waals surface area contributed by atoms with Gasteiger partial charge < -0.3 is 0 Å². The lowest BCUT2D eigenvalue weighted by Gasteiger charge is -2.18. The van der Waals surface area contributed by atoms with Gasteiger partial charge in [0.05, 0.1) is 12.6 Å². The van der Waals surface area contributed by atoms with Crippen molar-refractivity contribution in [1.82, 2.24) is 14.5 Å². The summed E-state index contributed by atoms with van der Waals surface area (Å²) >= 11 is 5.98. The third-order valence-electron chi connectivity index (χ3n) is 4.87. The monoisotopic (exact) mass is 448 g/mol. The highest BCUT2D eigenvalue weighted by Crippen LogP contribution is 2.21. The van der Waals surface area contributed by atoms with E-state index in [4.69, 9.17) is 16.9 Å². The molecule has 0 saturated carbocycles. The minimum Gasteiger partial charge on any atom is -0.287 e. The van der Waals surface area contributed by atoms with Gasteiger partial charge in [-0.15, -0.1) is 0 Å². The van der Waals surface area contributed by atoms with Gasteiger partial charge in [-0.1, -0.05) is 31.5 Å². The third-order valence-corrected chi connectivity index (χ3v) is 5.08. The van der Waals surface area contributed by atoms with Gasteiger partial charge >= 0.3 is 5.69 Å². The summed E-state index contributed by atoms with van der Waals surface area (Å²) in [6, 6.07) is 10.4. The molecule has 0 radical (unpaired) electrons. The minimum absolute atomic E-state index is 0.0301. The lowest BCUT2D eigenvalue weighted by Crippen LogP contribution is -2.38. The number of carbonyl (C=O) groups is 1. The number of rotatable bonds is 6. The van der Waals surface area contributed by atoms with Gasteiger partial charge in [-0.3, -0.25) is 19.1 Å². The Morgan fingerprint density at radius 3 is 2.69 bits per heavy atom. The fourth-order valence-electron chi connectivity index (χ4n) is 3.55. The van der Waals surface area contributed by atoms with Crippen LogP contribution in [0.1, 0.15) is 58.1 Å². The molecule has 1 N–H and O–H groups in total. The Balaban J connectivity index is 2.26. The molecule has 2 aromatic heterocycles. The van der Waals surface area contributed by atoms with E-state index >= 15 is 0 Å². The Kier molecular flexibility index (Phi) is 6.86. The van der Waals surface area contributed by atoms with Crippen molar-refractivity contribution in [2.75, 3.05) is 0 Å². The van der Waals surface area contributed by atoms with E-state index in [1.165, 1.54) is 16.8 Å². The number of aromatic nitrogens is 3. The van der Waals surface area contributed by atoms with Gasteiger partial charge in [0.25, 0.3) is 5.56 Å². The summed E-state index contributed by atoms with van der Waals surface area (Å²) in [4.78, 5) is 45.4. The minimum atomic E-state index is -0.687. The molecule has 0 fully saturated rings. The topological polar surface area (TPSA) is 109 Å². The summed E-state index contributed by atoms with van der Waals surface area (Å²) in [5, 5.41) is 9.07. The van der Waals surface area contributed by atoms with E-state index in [0.717, 1.165) is 5.56 Å². The van der Waals surface area contributed by atoms with Gasteiger partial charge in [-0.05, 0) is 59.9 Å². The quantitative estimate of drug-likeness (QED) is 0.350. The van der Waals surface area contributed by atoms with Crippen LogP contribution >= 0.6 is 11.6 Å². The molecule has 8 heteroatoms. The largest absolute Gasteiger partial charge is 0.329 e. The summed E-state index contributed by atoms with van der Waals surface area (Å²) in [5.41, 5.74) is 1.43. The summed E-state index contributed by atoms with van der Waals surface area (Å²) in [6.45, 7) is 5.44. The van der Waals surface area contributed by atoms with Gasteiger partial charge in [-0.25, -0.2) is 9.78 Å². The number of hydrogen-bond acceptors (Lipinski definition) is 5. The van der Waals surface area contributed by atoms with E-state index in [0.29, 0.717) is 16.7 Å². The van der Waals surface area contributed by atoms with Crippen molar-refractivity contribution in [2.24, 2.45) is 0 Å². The second kappa shape index (κ2) is 9.58. The normalized spacial score (nSPS) is 11.1. The van der Waals surface area contributed by atoms with Crippen LogP contribution < -0.4 is 11.2 Å². The zero-order valence-corrected chi connectivity index (χ0v) is 18.6. The van der Waals surface area contributed by atoms with E-state index in [1.54, 1.807) is 44.2 Å². The maximum absolute atomic E-state index is 13.7. The van der Waals surface area contributed by atoms with E-state index in [9.17, 15) is 14.4 Å². The number of halogens is 1. The molecule has 0 aliphatic carbocycles. The highest BCUT2D eigenvalue weighted by Gasteiger charge is 2.25. The molecule has 0 spiro atoms. The van der Waals surface area contributed by atoms with Crippen molar-refractivity contribution >= 4 is 23.5 Å². The lowest BCUT2D eigenvalue weighted by atomic mass is 9.95. The molecule has 2 heterocycles. The number of nitrogens with one attached hydrogen (secondary N) is 1. The first kappa shape index (κ1) is 22.9. The molecule has 0 aliphatic heterocycles. The average molecular weight is 449 g/mol. The molecule has 1 aromatic carbocycles. The van der Waals surface area contributed by atoms with Gasteiger partial charge in [-0.2, -0.15) is 5.26 Å². The second-order valence-electron chi connectivity index (χ2n) is 7.67. The third kappa shape index (κ3) is 4.93. The van der Waals surface area contributed by atoms with Crippen LogP contribution in [0, 0.1) is 18.3 Å². The first-order valence-corrected chi connectivity index (χ1v) is 10.3. The fraction of sp³-hybridized carbons (Fsp3) is 0.208. The molecule has 0 amide bonds. The number of pyridine rings is 1. The summed E-state index contributed by atoms with van der Waals surface area (Å²) in [6.07, 6.45) is 4.42. The summed E-state index contributed by atoms with van der Waals surface area (Å²) < 4.78 is 1.26. The van der Waals surface area contributed by atoms with Crippen LogP contribution in [0.2, 0.25) is 5.15 Å². The molecule has 7 nitrogen and oxygen atoms in total. The first-order valence-electron chi connectivity index (χ1n) is 9.91. The van der Waals surface area contributed by atoms with Crippen molar-refractivity contribution < 1.29 is 4.79 Å². The van der Waals surface area contributed by atoms with Crippen LogP contribution in [-0.4, -0.2) is 20.3 Å². The molecule has 0 unspecified atom stereocenters. The van der Waals surface area contributed by atoms with Crippen LogP contribution in [0.3, 0.4) is 0 Å². The Hall–Kier alpha value is -3.76. The number of aromatic amines is 1. The van der Waals surface area contributed by atoms with E-state index in [1.807, 2.05) is 19.1 Å². The zero-order valence-electron chi connectivity index (χ0n) is 17.8. The van der Waals surface area contributed by atoms with Gasteiger partial charge in [0.2, 0.25) is 5.78 Å². The number of hydrogen-bond donors (Lipinski definition) is 1. The standard InChI is InChI=1S/C24H21ClN4O3/c1-14(2)20-21(22(30)18-10-15(3)9-16(11-18)5-4-7-26)29(24(32)28-23(20)31)13-17-6-8-27-19(25)12-17/h4-6,8-12,14H,13H2,1-3H3,(H,28,31,32)/b5-4+. The SMILES string of the molecule is Cc1cc(/C=C/C#N)cc(C(=O)c2c(C(C)C)c(=O)[nH]c(=O)n2Cc2ccnc(Cl)c2)c1. The average Bonchev–Trinajstić information content (AvgIpc) is 2.72. The highest BCUT2D eigenvalue weighted by atomic mass is 35.5. The number of nitriles is 1. The molecule has 0 bridgehead atoms. The number of aryl methyl sites for hydroxylation is 1. The van der Waals surface area contributed by atoms with Crippen molar-refractivity contribution in [3.63, 3.8) is 0 Å². The molecule has 0 saturated heterocycles. The maximum atomic E-state index is 13.7. The number of allylic oxidation sites excluding steroid dienone is 1. The molecular formula is C24H21ClN4O3. The smallest absolute Gasteiger partial charge is 0.287 e. The van der Waals surface area contributed by atoms with Gasteiger partial charge in [0.15, 0.2) is 0 Å². The molecule has 3 rings (SSSR count). The first-order chi connectivity index (χ1) is 15.2. The summed E-state index contributed by atoms with van der Waals surface area (Å²) in [5.74, 6) is -0.763. The Morgan fingerprint density at radius 2 is 2.03 bits per heavy atom. The zero-order chi connectivity index (χ0) is 23.4. The summed E-state index contributed by atoms with van der Waals surface area (Å²) in [7, 11) is 0. The number of H-pyrrole nitrogens is 1. The Labute approximate surface area is 189 Å². The molecule has 162 valence electrons. The van der Waals surface area contributed by atoms with E-state index in [-0.39, 0.29) is 28.9 Å². The molecule has 3 aromatic rings. The van der Waals surface area contributed by atoms with E-state index < -0.39 is 17.0 Å². The fourth-order valence-corrected chi connectivity index (χ4v) is 3.75. The Morgan fingerprint density at radius 1 is 1.28 bits per heavy atom. The predicted octanol–water partition coefficient (Wildman–Crippen LogP) is 3.83. The van der Waals surface area contributed by atoms with Crippen molar-refractivity contribution in [3.05, 3.63) is 102 Å². The van der Waals surface area contributed by atoms with Crippen LogP contribution in [0.25, 0.3) is 6.08 Å². The molecule has 32 heavy (non-hydrogen) atoms.